The summed E-state index contributed by atoms with van der Waals surface area (Å²) in [5.74, 6) is 2.09. The first-order valence-electron chi connectivity index (χ1n) is 8.13. The molecule has 6 heteroatoms. The van der Waals surface area contributed by atoms with Crippen LogP contribution in [-0.4, -0.2) is 24.2 Å². The van der Waals surface area contributed by atoms with Gasteiger partial charge in [0.1, 0.15) is 5.82 Å². The molecule has 2 N–H and O–H groups in total. The molecule has 0 bridgehead atoms. The fourth-order valence-corrected chi connectivity index (χ4v) is 2.36. The molecule has 1 amide bonds. The molecule has 0 fully saturated rings. The minimum atomic E-state index is -0.153. The highest BCUT2D eigenvalue weighted by atomic mass is 16.7. The third-order valence-corrected chi connectivity index (χ3v) is 3.75. The fraction of sp³-hybridized carbons (Fsp3) is 0.333. The maximum atomic E-state index is 12.2. The number of hydrogen-bond donors (Lipinski definition) is 2. The number of ether oxygens (including phenoxy) is 2. The number of hydrogen-bond acceptors (Lipinski definition) is 5. The van der Waals surface area contributed by atoms with Crippen LogP contribution in [0.2, 0.25) is 0 Å². The average molecular weight is 327 g/mol. The normalized spacial score (nSPS) is 12.0. The van der Waals surface area contributed by atoms with Crippen molar-refractivity contribution in [3.63, 3.8) is 0 Å². The molecular weight excluding hydrogens is 306 g/mol. The molecule has 1 aromatic carbocycles. The van der Waals surface area contributed by atoms with Gasteiger partial charge in [-0.1, -0.05) is 19.4 Å². The van der Waals surface area contributed by atoms with Crippen molar-refractivity contribution in [3.8, 4) is 11.5 Å². The molecule has 126 valence electrons. The Hall–Kier alpha value is -2.76. The van der Waals surface area contributed by atoms with E-state index in [0.29, 0.717) is 17.9 Å². The van der Waals surface area contributed by atoms with Crippen LogP contribution in [-0.2, 0) is 6.54 Å². The number of anilines is 1. The fourth-order valence-electron chi connectivity index (χ4n) is 2.36. The first kappa shape index (κ1) is 16.1. The van der Waals surface area contributed by atoms with E-state index in [1.165, 1.54) is 0 Å². The van der Waals surface area contributed by atoms with Gasteiger partial charge in [0.25, 0.3) is 5.91 Å². The van der Waals surface area contributed by atoms with E-state index in [4.69, 9.17) is 9.47 Å². The summed E-state index contributed by atoms with van der Waals surface area (Å²) in [7, 11) is 0. The predicted octanol–water partition coefficient (Wildman–Crippen LogP) is 2.95. The largest absolute Gasteiger partial charge is 0.454 e. The van der Waals surface area contributed by atoms with Gasteiger partial charge in [-0.2, -0.15) is 0 Å². The van der Waals surface area contributed by atoms with Crippen molar-refractivity contribution in [3.05, 3.63) is 47.7 Å². The highest BCUT2D eigenvalue weighted by Crippen LogP contribution is 2.32. The molecule has 0 radical (unpaired) electrons. The van der Waals surface area contributed by atoms with Crippen molar-refractivity contribution < 1.29 is 14.3 Å². The summed E-state index contributed by atoms with van der Waals surface area (Å²) in [6.45, 7) is 3.70. The van der Waals surface area contributed by atoms with Crippen molar-refractivity contribution in [2.24, 2.45) is 0 Å². The molecule has 0 saturated carbocycles. The molecule has 2 aromatic rings. The first-order valence-corrected chi connectivity index (χ1v) is 8.13. The zero-order chi connectivity index (χ0) is 16.8. The van der Waals surface area contributed by atoms with E-state index in [1.807, 2.05) is 24.3 Å². The van der Waals surface area contributed by atoms with Crippen molar-refractivity contribution in [1.82, 2.24) is 10.3 Å². The maximum absolute atomic E-state index is 12.2. The average Bonchev–Trinajstić information content (AvgIpc) is 3.08. The Balaban J connectivity index is 1.53. The third-order valence-electron chi connectivity index (χ3n) is 3.75. The summed E-state index contributed by atoms with van der Waals surface area (Å²) >= 11 is 0. The quantitative estimate of drug-likeness (QED) is 0.765. The van der Waals surface area contributed by atoms with Crippen LogP contribution < -0.4 is 20.1 Å². The minimum Gasteiger partial charge on any atom is -0.454 e. The van der Waals surface area contributed by atoms with Crippen LogP contribution in [0.25, 0.3) is 0 Å². The Kier molecular flexibility index (Phi) is 5.15. The van der Waals surface area contributed by atoms with Gasteiger partial charge in [-0.3, -0.25) is 4.79 Å². The lowest BCUT2D eigenvalue weighted by atomic mass is 10.2. The van der Waals surface area contributed by atoms with Gasteiger partial charge < -0.3 is 20.1 Å². The number of nitrogens with one attached hydrogen (secondary N) is 2. The SMILES string of the molecule is CCCCNc1ccc(C(=O)NCc2ccc3c(c2)OCO3)cn1. The molecule has 0 aliphatic carbocycles. The second-order valence-electron chi connectivity index (χ2n) is 5.58. The molecule has 24 heavy (non-hydrogen) atoms. The molecule has 1 aromatic heterocycles. The van der Waals surface area contributed by atoms with Gasteiger partial charge in [0.2, 0.25) is 6.79 Å². The number of aromatic nitrogens is 1. The van der Waals surface area contributed by atoms with Gasteiger partial charge in [-0.25, -0.2) is 4.98 Å². The van der Waals surface area contributed by atoms with Crippen molar-refractivity contribution in [2.75, 3.05) is 18.7 Å². The van der Waals surface area contributed by atoms with Gasteiger partial charge in [0, 0.05) is 19.3 Å². The molecule has 3 rings (SSSR count). The lowest BCUT2D eigenvalue weighted by molar-refractivity contribution is 0.0950. The Labute approximate surface area is 141 Å². The van der Waals surface area contributed by atoms with E-state index < -0.39 is 0 Å². The molecule has 0 spiro atoms. The number of fused-ring (bicyclic) bond motifs is 1. The minimum absolute atomic E-state index is 0.153. The van der Waals surface area contributed by atoms with Crippen LogP contribution in [0, 0.1) is 0 Å². The van der Waals surface area contributed by atoms with Gasteiger partial charge in [-0.15, -0.1) is 0 Å². The zero-order valence-corrected chi connectivity index (χ0v) is 13.7. The second-order valence-corrected chi connectivity index (χ2v) is 5.58. The van der Waals surface area contributed by atoms with Crippen LogP contribution in [0.4, 0.5) is 5.82 Å². The topological polar surface area (TPSA) is 72.5 Å². The standard InChI is InChI=1S/C18H21N3O3/c1-2-3-8-19-17-7-5-14(11-20-17)18(22)21-10-13-4-6-15-16(9-13)24-12-23-15/h4-7,9,11H,2-3,8,10,12H2,1H3,(H,19,20)(H,21,22). The molecule has 1 aliphatic rings. The maximum Gasteiger partial charge on any atom is 0.253 e. The molecule has 0 saturated heterocycles. The number of nitrogens with zero attached hydrogens (tertiary/aromatic N) is 1. The summed E-state index contributed by atoms with van der Waals surface area (Å²) in [6.07, 6.45) is 3.82. The Bertz CT molecular complexity index is 701. The number of carbonyl (C=O) groups excluding carboxylic acids is 1. The number of carbonyl (C=O) groups is 1. The predicted molar refractivity (Wildman–Crippen MR) is 91.4 cm³/mol. The van der Waals surface area contributed by atoms with Crippen LogP contribution >= 0.6 is 0 Å². The van der Waals surface area contributed by atoms with Crippen LogP contribution in [0.15, 0.2) is 36.5 Å². The number of rotatable bonds is 7. The van der Waals surface area contributed by atoms with Gasteiger partial charge in [0.05, 0.1) is 5.56 Å². The van der Waals surface area contributed by atoms with E-state index in [2.05, 4.69) is 22.5 Å². The Morgan fingerprint density at radius 1 is 1.21 bits per heavy atom. The summed E-state index contributed by atoms with van der Waals surface area (Å²) in [5.41, 5.74) is 1.50. The zero-order valence-electron chi connectivity index (χ0n) is 13.7. The molecule has 0 unspecified atom stereocenters. The monoisotopic (exact) mass is 327 g/mol. The Morgan fingerprint density at radius 2 is 2.08 bits per heavy atom. The number of benzene rings is 1. The summed E-state index contributed by atoms with van der Waals surface area (Å²) < 4.78 is 10.6. The van der Waals surface area contributed by atoms with Crippen LogP contribution in [0.3, 0.4) is 0 Å². The van der Waals surface area contributed by atoms with Crippen molar-refractivity contribution in [1.29, 1.82) is 0 Å². The van der Waals surface area contributed by atoms with E-state index in [9.17, 15) is 4.79 Å². The highest BCUT2D eigenvalue weighted by molar-refractivity contribution is 5.94. The van der Waals surface area contributed by atoms with Crippen molar-refractivity contribution in [2.45, 2.75) is 26.3 Å². The van der Waals surface area contributed by atoms with Crippen LogP contribution in [0.5, 0.6) is 11.5 Å². The smallest absolute Gasteiger partial charge is 0.253 e. The number of unbranched alkanes of at least 4 members (excludes halogenated alkanes) is 1. The molecule has 6 nitrogen and oxygen atoms in total. The van der Waals surface area contributed by atoms with Gasteiger partial charge in [0.15, 0.2) is 11.5 Å². The summed E-state index contributed by atoms with van der Waals surface area (Å²) in [4.78, 5) is 16.5. The molecule has 0 atom stereocenters. The molecular formula is C18H21N3O3. The van der Waals surface area contributed by atoms with Crippen LogP contribution in [0.1, 0.15) is 35.7 Å². The number of pyridine rings is 1. The summed E-state index contributed by atoms with van der Waals surface area (Å²) in [6, 6.07) is 9.23. The first-order chi connectivity index (χ1) is 11.8. The van der Waals surface area contributed by atoms with Gasteiger partial charge >= 0.3 is 0 Å². The second kappa shape index (κ2) is 7.68. The lowest BCUT2D eigenvalue weighted by Gasteiger charge is -2.08. The van der Waals surface area contributed by atoms with E-state index >= 15 is 0 Å². The highest BCUT2D eigenvalue weighted by Gasteiger charge is 2.13. The third kappa shape index (κ3) is 3.95. The Morgan fingerprint density at radius 3 is 2.88 bits per heavy atom. The van der Waals surface area contributed by atoms with E-state index in [-0.39, 0.29) is 12.7 Å². The van der Waals surface area contributed by atoms with E-state index in [0.717, 1.165) is 36.5 Å². The lowest BCUT2D eigenvalue weighted by Crippen LogP contribution is -2.23. The van der Waals surface area contributed by atoms with E-state index in [1.54, 1.807) is 12.3 Å². The van der Waals surface area contributed by atoms with Gasteiger partial charge in [-0.05, 0) is 36.2 Å². The summed E-state index contributed by atoms with van der Waals surface area (Å²) in [5, 5.41) is 6.11. The molecule has 2 heterocycles. The molecule has 1 aliphatic heterocycles. The number of amides is 1. The van der Waals surface area contributed by atoms with Crippen molar-refractivity contribution >= 4 is 11.7 Å².